The lowest BCUT2D eigenvalue weighted by Gasteiger charge is -2.18. The molecule has 0 bridgehead atoms. The van der Waals surface area contributed by atoms with Gasteiger partial charge < -0.3 is 4.89 Å². The Hall–Kier alpha value is -0.220. The SMILES string of the molecule is CCCCC(CC)CC(CS)C(=O)OO. The molecule has 2 unspecified atom stereocenters. The molecule has 0 saturated heterocycles. The topological polar surface area (TPSA) is 46.5 Å². The molecule has 0 aliphatic carbocycles. The lowest BCUT2D eigenvalue weighted by atomic mass is 9.89. The summed E-state index contributed by atoms with van der Waals surface area (Å²) in [6, 6.07) is 0. The maximum absolute atomic E-state index is 11.1. The highest BCUT2D eigenvalue weighted by atomic mass is 32.1. The van der Waals surface area contributed by atoms with E-state index >= 15 is 0 Å². The predicted molar refractivity (Wildman–Crippen MR) is 64.0 cm³/mol. The fraction of sp³-hybridized carbons (Fsp3) is 0.909. The molecule has 0 amide bonds. The first-order chi connectivity index (χ1) is 7.19. The van der Waals surface area contributed by atoms with Crippen LogP contribution in [0.25, 0.3) is 0 Å². The van der Waals surface area contributed by atoms with Gasteiger partial charge in [0.1, 0.15) is 0 Å². The summed E-state index contributed by atoms with van der Waals surface area (Å²) in [5.74, 6) is 0.128. The van der Waals surface area contributed by atoms with Crippen LogP contribution in [0.4, 0.5) is 0 Å². The minimum Gasteiger partial charge on any atom is -0.301 e. The fourth-order valence-electron chi connectivity index (χ4n) is 1.70. The summed E-state index contributed by atoms with van der Waals surface area (Å²) < 4.78 is 0. The zero-order chi connectivity index (χ0) is 11.7. The van der Waals surface area contributed by atoms with Gasteiger partial charge in [0.15, 0.2) is 0 Å². The van der Waals surface area contributed by atoms with Gasteiger partial charge in [-0.05, 0) is 12.3 Å². The standard InChI is InChI=1S/C11H22O3S/c1-3-5-6-9(4-2)7-10(8-15)11(12)14-13/h9-10,13,15H,3-8H2,1-2H3. The molecule has 1 N–H and O–H groups in total. The van der Waals surface area contributed by atoms with Crippen LogP contribution in [0.2, 0.25) is 0 Å². The lowest BCUT2D eigenvalue weighted by molar-refractivity contribution is -0.238. The van der Waals surface area contributed by atoms with Crippen LogP contribution in [0.1, 0.15) is 46.0 Å². The summed E-state index contributed by atoms with van der Waals surface area (Å²) in [5.41, 5.74) is 0. The Morgan fingerprint density at radius 3 is 2.53 bits per heavy atom. The van der Waals surface area contributed by atoms with Gasteiger partial charge in [-0.2, -0.15) is 17.9 Å². The van der Waals surface area contributed by atoms with Crippen molar-refractivity contribution in [3.05, 3.63) is 0 Å². The number of thiol groups is 1. The third kappa shape index (κ3) is 6.05. The minimum atomic E-state index is -0.556. The van der Waals surface area contributed by atoms with Crippen molar-refractivity contribution >= 4 is 18.6 Å². The van der Waals surface area contributed by atoms with E-state index in [2.05, 4.69) is 31.4 Å². The molecule has 0 rings (SSSR count). The van der Waals surface area contributed by atoms with E-state index < -0.39 is 5.97 Å². The van der Waals surface area contributed by atoms with Crippen LogP contribution in [0.15, 0.2) is 0 Å². The van der Waals surface area contributed by atoms with Crippen molar-refractivity contribution in [2.24, 2.45) is 11.8 Å². The van der Waals surface area contributed by atoms with Gasteiger partial charge in [-0.15, -0.1) is 0 Å². The van der Waals surface area contributed by atoms with Gasteiger partial charge >= 0.3 is 5.97 Å². The van der Waals surface area contributed by atoms with Gasteiger partial charge in [0.25, 0.3) is 0 Å². The largest absolute Gasteiger partial charge is 0.345 e. The van der Waals surface area contributed by atoms with Crippen molar-refractivity contribution < 1.29 is 14.9 Å². The fourth-order valence-corrected chi connectivity index (χ4v) is 2.00. The predicted octanol–water partition coefficient (Wildman–Crippen LogP) is 3.16. The third-order valence-corrected chi connectivity index (χ3v) is 3.25. The van der Waals surface area contributed by atoms with Crippen molar-refractivity contribution in [3.63, 3.8) is 0 Å². The summed E-state index contributed by atoms with van der Waals surface area (Å²) in [4.78, 5) is 14.9. The van der Waals surface area contributed by atoms with E-state index in [0.29, 0.717) is 11.7 Å². The molecule has 0 spiro atoms. The Bertz CT molecular complexity index is 173. The monoisotopic (exact) mass is 234 g/mol. The summed E-state index contributed by atoms with van der Waals surface area (Å²) in [5, 5.41) is 8.31. The smallest absolute Gasteiger partial charge is 0.301 e. The molecule has 0 fully saturated rings. The highest BCUT2D eigenvalue weighted by Gasteiger charge is 2.22. The normalized spacial score (nSPS) is 14.7. The van der Waals surface area contributed by atoms with Crippen molar-refractivity contribution in [3.8, 4) is 0 Å². The number of carbonyl (C=O) groups is 1. The van der Waals surface area contributed by atoms with Crippen LogP contribution >= 0.6 is 12.6 Å². The average molecular weight is 234 g/mol. The molecule has 15 heavy (non-hydrogen) atoms. The van der Waals surface area contributed by atoms with E-state index in [0.717, 1.165) is 19.3 Å². The molecule has 3 nitrogen and oxygen atoms in total. The van der Waals surface area contributed by atoms with Crippen LogP contribution in [0, 0.1) is 11.8 Å². The molecule has 0 aromatic carbocycles. The average Bonchev–Trinajstić information content (AvgIpc) is 2.28. The van der Waals surface area contributed by atoms with Crippen molar-refractivity contribution in [1.29, 1.82) is 0 Å². The highest BCUT2D eigenvalue weighted by molar-refractivity contribution is 7.80. The molecular weight excluding hydrogens is 212 g/mol. The van der Waals surface area contributed by atoms with E-state index in [-0.39, 0.29) is 5.92 Å². The first-order valence-electron chi connectivity index (χ1n) is 5.65. The molecular formula is C11H22O3S. The molecule has 0 aliphatic rings. The van der Waals surface area contributed by atoms with Gasteiger partial charge in [0.2, 0.25) is 0 Å². The first-order valence-corrected chi connectivity index (χ1v) is 6.28. The van der Waals surface area contributed by atoms with Crippen LogP contribution in [-0.2, 0) is 9.68 Å². The third-order valence-electron chi connectivity index (χ3n) is 2.80. The molecule has 90 valence electrons. The zero-order valence-corrected chi connectivity index (χ0v) is 10.5. The van der Waals surface area contributed by atoms with Gasteiger partial charge in [-0.25, -0.2) is 4.79 Å². The lowest BCUT2D eigenvalue weighted by Crippen LogP contribution is -2.21. The molecule has 0 aliphatic heterocycles. The molecule has 0 radical (unpaired) electrons. The number of rotatable bonds is 8. The molecule has 0 aromatic heterocycles. The van der Waals surface area contributed by atoms with E-state index in [1.165, 1.54) is 12.8 Å². The minimum absolute atomic E-state index is 0.278. The molecule has 0 saturated carbocycles. The molecule has 0 aromatic rings. The second kappa shape index (κ2) is 9.04. The maximum atomic E-state index is 11.1. The quantitative estimate of drug-likeness (QED) is 0.385. The Kier molecular flexibility index (Phi) is 8.91. The Morgan fingerprint density at radius 2 is 2.13 bits per heavy atom. The summed E-state index contributed by atoms with van der Waals surface area (Å²) >= 11 is 4.10. The van der Waals surface area contributed by atoms with Gasteiger partial charge in [-0.3, -0.25) is 0 Å². The Morgan fingerprint density at radius 1 is 1.47 bits per heavy atom. The van der Waals surface area contributed by atoms with Gasteiger partial charge in [-0.1, -0.05) is 39.5 Å². The summed E-state index contributed by atoms with van der Waals surface area (Å²) in [6.07, 6.45) is 5.32. The first kappa shape index (κ1) is 14.8. The van der Waals surface area contributed by atoms with E-state index in [4.69, 9.17) is 5.26 Å². The second-order valence-electron chi connectivity index (χ2n) is 3.94. The van der Waals surface area contributed by atoms with E-state index in [1.807, 2.05) is 0 Å². The van der Waals surface area contributed by atoms with Crippen molar-refractivity contribution in [2.45, 2.75) is 46.0 Å². The van der Waals surface area contributed by atoms with Gasteiger partial charge in [0, 0.05) is 5.75 Å². The number of unbranched alkanes of at least 4 members (excludes halogenated alkanes) is 1. The number of hydrogen-bond donors (Lipinski definition) is 2. The maximum Gasteiger partial charge on any atom is 0.345 e. The highest BCUT2D eigenvalue weighted by Crippen LogP contribution is 2.23. The zero-order valence-electron chi connectivity index (χ0n) is 9.61. The molecule has 4 heteroatoms. The Balaban J connectivity index is 4.05. The van der Waals surface area contributed by atoms with Crippen LogP contribution in [0.3, 0.4) is 0 Å². The summed E-state index contributed by atoms with van der Waals surface area (Å²) in [6.45, 7) is 4.28. The number of hydrogen-bond acceptors (Lipinski definition) is 4. The van der Waals surface area contributed by atoms with Crippen molar-refractivity contribution in [1.82, 2.24) is 0 Å². The molecule has 0 heterocycles. The van der Waals surface area contributed by atoms with E-state index in [1.54, 1.807) is 0 Å². The summed E-state index contributed by atoms with van der Waals surface area (Å²) in [7, 11) is 0. The van der Waals surface area contributed by atoms with Crippen LogP contribution in [-0.4, -0.2) is 17.0 Å². The van der Waals surface area contributed by atoms with E-state index in [9.17, 15) is 4.79 Å². The van der Waals surface area contributed by atoms with Crippen LogP contribution in [0.5, 0.6) is 0 Å². The van der Waals surface area contributed by atoms with Crippen molar-refractivity contribution in [2.75, 3.05) is 5.75 Å². The van der Waals surface area contributed by atoms with Crippen LogP contribution < -0.4 is 0 Å². The number of carbonyl (C=O) groups excluding carboxylic acids is 1. The Labute approximate surface area is 97.5 Å². The second-order valence-corrected chi connectivity index (χ2v) is 4.31. The van der Waals surface area contributed by atoms with Gasteiger partial charge in [0.05, 0.1) is 5.92 Å². The molecule has 2 atom stereocenters.